The highest BCUT2D eigenvalue weighted by Crippen LogP contribution is 2.36. The van der Waals surface area contributed by atoms with Crippen LogP contribution in [0.15, 0.2) is 24.3 Å². The minimum atomic E-state index is -0.966. The standard InChI is InChI=1S/C22H32N2O4.ClH/c1-16(25)14-24(20-10-12-23-13-11-20)19-6-2-17(3-7-19)18-4-8-21(9-5-18)28-15-22(26)27;/h4-5,8-9,17,19-20,23H,2-3,6-7,10-15H2,1H3,(H,26,27);1H. The Morgan fingerprint density at radius 3 is 2.17 bits per heavy atom. The SMILES string of the molecule is CC(=O)CN(C1CCNCC1)C1CCC(c2ccc(OCC(=O)O)cc2)CC1.Cl. The number of aliphatic carboxylic acids is 1. The molecule has 2 N–H and O–H groups in total. The fourth-order valence-corrected chi connectivity index (χ4v) is 4.67. The Kier molecular flexibility index (Phi) is 9.40. The average Bonchev–Trinajstić information content (AvgIpc) is 2.71. The van der Waals surface area contributed by atoms with Gasteiger partial charge in [-0.1, -0.05) is 12.1 Å². The summed E-state index contributed by atoms with van der Waals surface area (Å²) >= 11 is 0. The number of carboxylic acid groups (broad SMARTS) is 1. The second-order valence-electron chi connectivity index (χ2n) is 8.11. The number of ketones is 1. The molecular weight excluding hydrogens is 392 g/mol. The highest BCUT2D eigenvalue weighted by molar-refractivity contribution is 5.85. The molecule has 2 fully saturated rings. The zero-order valence-corrected chi connectivity index (χ0v) is 18.0. The van der Waals surface area contributed by atoms with Crippen LogP contribution in [0.3, 0.4) is 0 Å². The maximum Gasteiger partial charge on any atom is 0.341 e. The molecule has 7 heteroatoms. The zero-order chi connectivity index (χ0) is 19.9. The lowest BCUT2D eigenvalue weighted by Gasteiger charge is -2.42. The van der Waals surface area contributed by atoms with E-state index in [0.717, 1.165) is 51.6 Å². The third-order valence-electron chi connectivity index (χ3n) is 6.06. The number of nitrogens with one attached hydrogen (secondary N) is 1. The molecule has 162 valence electrons. The Balaban J connectivity index is 0.00000300. The van der Waals surface area contributed by atoms with Gasteiger partial charge in [-0.15, -0.1) is 12.4 Å². The van der Waals surface area contributed by atoms with E-state index in [0.29, 0.717) is 30.3 Å². The summed E-state index contributed by atoms with van der Waals surface area (Å²) in [7, 11) is 0. The Bertz CT molecular complexity index is 653. The smallest absolute Gasteiger partial charge is 0.341 e. The van der Waals surface area contributed by atoms with Gasteiger partial charge in [-0.05, 0) is 82.2 Å². The number of ether oxygens (including phenoxy) is 1. The van der Waals surface area contributed by atoms with Crippen molar-refractivity contribution in [1.82, 2.24) is 10.2 Å². The van der Waals surface area contributed by atoms with Crippen molar-refractivity contribution in [2.45, 2.75) is 63.5 Å². The van der Waals surface area contributed by atoms with Crippen LogP contribution in [0.1, 0.15) is 56.9 Å². The monoisotopic (exact) mass is 424 g/mol. The maximum absolute atomic E-state index is 11.8. The van der Waals surface area contributed by atoms with Crippen LogP contribution in [0.4, 0.5) is 0 Å². The number of hydrogen-bond donors (Lipinski definition) is 2. The fraction of sp³-hybridized carbons (Fsp3) is 0.636. The summed E-state index contributed by atoms with van der Waals surface area (Å²) in [6.45, 7) is 4.06. The van der Waals surface area contributed by atoms with Gasteiger partial charge in [0.2, 0.25) is 0 Å². The zero-order valence-electron chi connectivity index (χ0n) is 17.1. The first-order valence-electron chi connectivity index (χ1n) is 10.4. The largest absolute Gasteiger partial charge is 0.482 e. The second kappa shape index (κ2) is 11.5. The van der Waals surface area contributed by atoms with Gasteiger partial charge in [0, 0.05) is 12.1 Å². The molecule has 1 saturated carbocycles. The summed E-state index contributed by atoms with van der Waals surface area (Å²) in [5, 5.41) is 12.1. The summed E-state index contributed by atoms with van der Waals surface area (Å²) in [5.41, 5.74) is 1.29. The Labute approximate surface area is 179 Å². The van der Waals surface area contributed by atoms with Gasteiger partial charge < -0.3 is 15.2 Å². The van der Waals surface area contributed by atoms with Crippen LogP contribution in [0, 0.1) is 0 Å². The van der Waals surface area contributed by atoms with Gasteiger partial charge in [0.15, 0.2) is 6.61 Å². The third kappa shape index (κ3) is 6.98. The van der Waals surface area contributed by atoms with Gasteiger partial charge in [0.1, 0.15) is 11.5 Å². The predicted octanol–water partition coefficient (Wildman–Crippen LogP) is 3.24. The third-order valence-corrected chi connectivity index (χ3v) is 6.06. The molecule has 1 heterocycles. The van der Waals surface area contributed by atoms with Crippen molar-refractivity contribution in [2.24, 2.45) is 0 Å². The number of piperidine rings is 1. The molecule has 1 aliphatic carbocycles. The van der Waals surface area contributed by atoms with Crippen molar-refractivity contribution in [3.8, 4) is 5.75 Å². The van der Waals surface area contributed by atoms with Crippen molar-refractivity contribution >= 4 is 24.2 Å². The molecule has 0 spiro atoms. The van der Waals surface area contributed by atoms with E-state index < -0.39 is 5.97 Å². The molecule has 0 amide bonds. The van der Waals surface area contributed by atoms with Crippen LogP contribution in [0.5, 0.6) is 5.75 Å². The molecule has 29 heavy (non-hydrogen) atoms. The number of halogens is 1. The van der Waals surface area contributed by atoms with E-state index in [1.807, 2.05) is 12.1 Å². The van der Waals surface area contributed by atoms with Crippen LogP contribution in [-0.4, -0.2) is 60.1 Å². The molecule has 0 bridgehead atoms. The minimum absolute atomic E-state index is 0. The first kappa shape index (κ1) is 23.6. The number of carboxylic acids is 1. The van der Waals surface area contributed by atoms with Gasteiger partial charge in [-0.25, -0.2) is 4.79 Å². The number of rotatable bonds is 8. The second-order valence-corrected chi connectivity index (χ2v) is 8.11. The molecule has 1 saturated heterocycles. The molecule has 3 rings (SSSR count). The van der Waals surface area contributed by atoms with Crippen LogP contribution in [-0.2, 0) is 9.59 Å². The summed E-state index contributed by atoms with van der Waals surface area (Å²) in [5.74, 6) is 0.416. The normalized spacial score (nSPS) is 22.7. The van der Waals surface area contributed by atoms with Gasteiger partial charge in [0.25, 0.3) is 0 Å². The first-order valence-corrected chi connectivity index (χ1v) is 10.4. The number of carbonyl (C=O) groups is 2. The van der Waals surface area contributed by atoms with Crippen molar-refractivity contribution in [2.75, 3.05) is 26.2 Å². The molecule has 0 radical (unpaired) electrons. The number of Topliss-reactive ketones (excluding diaryl/α,β-unsaturated/α-hetero) is 1. The van der Waals surface area contributed by atoms with E-state index in [4.69, 9.17) is 9.84 Å². The highest BCUT2D eigenvalue weighted by Gasteiger charge is 2.32. The Morgan fingerprint density at radius 2 is 1.62 bits per heavy atom. The van der Waals surface area contributed by atoms with Crippen LogP contribution >= 0.6 is 12.4 Å². The van der Waals surface area contributed by atoms with Gasteiger partial charge >= 0.3 is 5.97 Å². The Morgan fingerprint density at radius 1 is 1.03 bits per heavy atom. The van der Waals surface area contributed by atoms with E-state index in [-0.39, 0.29) is 24.8 Å². The molecule has 1 aromatic rings. The molecule has 0 atom stereocenters. The summed E-state index contributed by atoms with van der Waals surface area (Å²) in [6.07, 6.45) is 6.76. The van der Waals surface area contributed by atoms with Crippen molar-refractivity contribution in [3.63, 3.8) is 0 Å². The molecule has 0 unspecified atom stereocenters. The minimum Gasteiger partial charge on any atom is -0.482 e. The van der Waals surface area contributed by atoms with Gasteiger partial charge in [-0.2, -0.15) is 0 Å². The molecular formula is C22H33ClN2O4. The highest BCUT2D eigenvalue weighted by atomic mass is 35.5. The predicted molar refractivity (Wildman–Crippen MR) is 115 cm³/mol. The first-order chi connectivity index (χ1) is 13.5. The number of hydrogen-bond acceptors (Lipinski definition) is 5. The maximum atomic E-state index is 11.8. The number of nitrogens with zero attached hydrogens (tertiary/aromatic N) is 1. The molecule has 2 aliphatic rings. The Hall–Kier alpha value is -1.63. The van der Waals surface area contributed by atoms with Crippen molar-refractivity contribution < 1.29 is 19.4 Å². The molecule has 1 aliphatic heterocycles. The molecule has 6 nitrogen and oxygen atoms in total. The van der Waals surface area contributed by atoms with Crippen molar-refractivity contribution in [3.05, 3.63) is 29.8 Å². The van der Waals surface area contributed by atoms with E-state index in [1.54, 1.807) is 6.92 Å². The van der Waals surface area contributed by atoms with Gasteiger partial charge in [-0.3, -0.25) is 9.69 Å². The average molecular weight is 425 g/mol. The fourth-order valence-electron chi connectivity index (χ4n) is 4.67. The molecule has 0 aromatic heterocycles. The summed E-state index contributed by atoms with van der Waals surface area (Å²) in [6, 6.07) is 8.87. The van der Waals surface area contributed by atoms with Crippen LogP contribution < -0.4 is 10.1 Å². The summed E-state index contributed by atoms with van der Waals surface area (Å²) in [4.78, 5) is 24.9. The van der Waals surface area contributed by atoms with Crippen molar-refractivity contribution in [1.29, 1.82) is 0 Å². The number of carbonyl (C=O) groups excluding carboxylic acids is 1. The lowest BCUT2D eigenvalue weighted by Crippen LogP contribution is -2.50. The van der Waals surface area contributed by atoms with E-state index in [1.165, 1.54) is 5.56 Å². The number of benzene rings is 1. The van der Waals surface area contributed by atoms with Gasteiger partial charge in [0.05, 0.1) is 6.54 Å². The van der Waals surface area contributed by atoms with Crippen LogP contribution in [0.2, 0.25) is 0 Å². The topological polar surface area (TPSA) is 78.9 Å². The lowest BCUT2D eigenvalue weighted by molar-refractivity contribution is -0.139. The van der Waals surface area contributed by atoms with E-state index >= 15 is 0 Å². The molecule has 1 aromatic carbocycles. The quantitative estimate of drug-likeness (QED) is 0.667. The van der Waals surface area contributed by atoms with Crippen LogP contribution in [0.25, 0.3) is 0 Å². The van der Waals surface area contributed by atoms with E-state index in [2.05, 4.69) is 22.3 Å². The lowest BCUT2D eigenvalue weighted by atomic mass is 9.80. The van der Waals surface area contributed by atoms with E-state index in [9.17, 15) is 9.59 Å². The summed E-state index contributed by atoms with van der Waals surface area (Å²) < 4.78 is 5.22.